The number of aryl methyl sites for hydroxylation is 2. The average Bonchev–Trinajstić information content (AvgIpc) is 2.87. The van der Waals surface area contributed by atoms with Crippen molar-refractivity contribution in [3.8, 4) is 0 Å². The van der Waals surface area contributed by atoms with E-state index in [2.05, 4.69) is 46.0 Å². The number of hydrogen-bond donors (Lipinski definition) is 0. The topological polar surface area (TPSA) is 51.0 Å². The summed E-state index contributed by atoms with van der Waals surface area (Å²) in [5.41, 5.74) is 2.08. The molecule has 1 aromatic carbocycles. The maximum Gasteiger partial charge on any atom is 0.233 e. The van der Waals surface area contributed by atoms with E-state index in [-0.39, 0.29) is 11.3 Å². The van der Waals surface area contributed by atoms with E-state index in [1.165, 1.54) is 11.1 Å². The zero-order chi connectivity index (χ0) is 16.0. The second kappa shape index (κ2) is 5.18. The monoisotopic (exact) mass is 310 g/mol. The molecule has 0 spiro atoms. The van der Waals surface area contributed by atoms with Crippen molar-refractivity contribution < 1.29 is 4.79 Å². The molecule has 2 heterocycles. The van der Waals surface area contributed by atoms with Crippen molar-refractivity contribution in [2.75, 3.05) is 6.54 Å². The summed E-state index contributed by atoms with van der Waals surface area (Å²) in [6, 6.07) is 8.44. The summed E-state index contributed by atoms with van der Waals surface area (Å²) in [7, 11) is 0. The van der Waals surface area contributed by atoms with E-state index in [0.29, 0.717) is 6.54 Å². The van der Waals surface area contributed by atoms with Gasteiger partial charge >= 0.3 is 0 Å². The van der Waals surface area contributed by atoms with Crippen LogP contribution >= 0.6 is 0 Å². The Morgan fingerprint density at radius 3 is 2.70 bits per heavy atom. The third-order valence-corrected chi connectivity index (χ3v) is 5.41. The number of nitrogens with zero attached hydrogens (tertiary/aromatic N) is 4. The lowest BCUT2D eigenvalue weighted by Crippen LogP contribution is -2.52. The molecule has 2 aromatic rings. The highest BCUT2D eigenvalue weighted by molar-refractivity contribution is 5.89. The zero-order valence-corrected chi connectivity index (χ0v) is 13.7. The van der Waals surface area contributed by atoms with Crippen LogP contribution in [-0.4, -0.2) is 32.1 Å². The first kappa shape index (κ1) is 14.4. The number of amides is 1. The van der Waals surface area contributed by atoms with Gasteiger partial charge in [-0.1, -0.05) is 36.2 Å². The van der Waals surface area contributed by atoms with Gasteiger partial charge in [-0.3, -0.25) is 4.79 Å². The zero-order valence-electron chi connectivity index (χ0n) is 13.7. The van der Waals surface area contributed by atoms with Crippen molar-refractivity contribution in [3.05, 3.63) is 47.0 Å². The molecule has 0 atom stereocenters. The van der Waals surface area contributed by atoms with Gasteiger partial charge in [0.05, 0.1) is 12.0 Å². The van der Waals surface area contributed by atoms with E-state index < -0.39 is 0 Å². The molecule has 0 unspecified atom stereocenters. The molecule has 1 aliphatic heterocycles. The van der Waals surface area contributed by atoms with E-state index >= 15 is 0 Å². The van der Waals surface area contributed by atoms with Crippen LogP contribution in [0, 0.1) is 13.8 Å². The summed E-state index contributed by atoms with van der Waals surface area (Å²) in [5, 5.41) is 8.35. The molecule has 1 aliphatic carbocycles. The Morgan fingerprint density at radius 2 is 2.00 bits per heavy atom. The SMILES string of the molecule is Cc1cccc(C2(C(=O)N3CCn4c(C)nnc4C3)CCC2)c1. The Labute approximate surface area is 136 Å². The normalized spacial score (nSPS) is 19.1. The highest BCUT2D eigenvalue weighted by Gasteiger charge is 2.48. The lowest BCUT2D eigenvalue weighted by Gasteiger charge is -2.45. The Kier molecular flexibility index (Phi) is 3.25. The van der Waals surface area contributed by atoms with Crippen LogP contribution < -0.4 is 0 Å². The Hall–Kier alpha value is -2.17. The van der Waals surface area contributed by atoms with E-state index in [0.717, 1.165) is 44.0 Å². The van der Waals surface area contributed by atoms with Gasteiger partial charge in [-0.05, 0) is 32.3 Å². The molecule has 2 aliphatic rings. The maximum atomic E-state index is 13.3. The molecule has 23 heavy (non-hydrogen) atoms. The smallest absolute Gasteiger partial charge is 0.233 e. The first-order chi connectivity index (χ1) is 11.1. The van der Waals surface area contributed by atoms with Crippen LogP contribution in [0.25, 0.3) is 0 Å². The van der Waals surface area contributed by atoms with Gasteiger partial charge in [-0.15, -0.1) is 10.2 Å². The molecule has 5 nitrogen and oxygen atoms in total. The number of carbonyl (C=O) groups excluding carboxylic acids is 1. The van der Waals surface area contributed by atoms with Gasteiger partial charge in [0, 0.05) is 13.1 Å². The van der Waals surface area contributed by atoms with Crippen LogP contribution in [0.1, 0.15) is 42.0 Å². The lowest BCUT2D eigenvalue weighted by atomic mass is 9.63. The number of carbonyl (C=O) groups is 1. The molecule has 0 bridgehead atoms. The van der Waals surface area contributed by atoms with Crippen LogP contribution in [-0.2, 0) is 23.3 Å². The van der Waals surface area contributed by atoms with Gasteiger partial charge in [-0.2, -0.15) is 0 Å². The van der Waals surface area contributed by atoms with Crippen LogP contribution in [0.15, 0.2) is 24.3 Å². The fourth-order valence-electron chi connectivity index (χ4n) is 3.88. The lowest BCUT2D eigenvalue weighted by molar-refractivity contribution is -0.142. The third-order valence-electron chi connectivity index (χ3n) is 5.41. The molecule has 1 amide bonds. The first-order valence-electron chi connectivity index (χ1n) is 8.35. The largest absolute Gasteiger partial charge is 0.333 e. The van der Waals surface area contributed by atoms with Gasteiger partial charge in [-0.25, -0.2) is 0 Å². The number of aromatic nitrogens is 3. The predicted molar refractivity (Wildman–Crippen MR) is 86.9 cm³/mol. The van der Waals surface area contributed by atoms with Crippen molar-refractivity contribution >= 4 is 5.91 Å². The van der Waals surface area contributed by atoms with Gasteiger partial charge in [0.1, 0.15) is 5.82 Å². The second-order valence-corrected chi connectivity index (χ2v) is 6.85. The minimum atomic E-state index is -0.316. The van der Waals surface area contributed by atoms with Crippen LogP contribution in [0.2, 0.25) is 0 Å². The number of fused-ring (bicyclic) bond motifs is 1. The summed E-state index contributed by atoms with van der Waals surface area (Å²) in [5.74, 6) is 2.10. The molecule has 0 saturated heterocycles. The highest BCUT2D eigenvalue weighted by atomic mass is 16.2. The number of hydrogen-bond acceptors (Lipinski definition) is 3. The Balaban J connectivity index is 1.63. The Bertz CT molecular complexity index is 760. The second-order valence-electron chi connectivity index (χ2n) is 6.85. The number of rotatable bonds is 2. The molecular weight excluding hydrogens is 288 g/mol. The molecular formula is C18H22N4O. The van der Waals surface area contributed by atoms with Crippen molar-refractivity contribution in [1.82, 2.24) is 19.7 Å². The minimum absolute atomic E-state index is 0.265. The van der Waals surface area contributed by atoms with E-state index in [1.54, 1.807) is 0 Å². The van der Waals surface area contributed by atoms with Crippen molar-refractivity contribution in [3.63, 3.8) is 0 Å². The molecule has 120 valence electrons. The van der Waals surface area contributed by atoms with E-state index in [9.17, 15) is 4.79 Å². The highest BCUT2D eigenvalue weighted by Crippen LogP contribution is 2.45. The summed E-state index contributed by atoms with van der Waals surface area (Å²) in [4.78, 5) is 15.3. The fourth-order valence-corrected chi connectivity index (χ4v) is 3.88. The third kappa shape index (κ3) is 2.18. The van der Waals surface area contributed by atoms with Crippen LogP contribution in [0.5, 0.6) is 0 Å². The first-order valence-corrected chi connectivity index (χ1v) is 8.35. The van der Waals surface area contributed by atoms with Gasteiger partial charge in [0.2, 0.25) is 5.91 Å². The van der Waals surface area contributed by atoms with Crippen LogP contribution in [0.3, 0.4) is 0 Å². The summed E-state index contributed by atoms with van der Waals surface area (Å²) in [6.45, 7) is 6.18. The molecule has 1 aromatic heterocycles. The number of benzene rings is 1. The van der Waals surface area contributed by atoms with E-state index in [4.69, 9.17) is 0 Å². The van der Waals surface area contributed by atoms with Gasteiger partial charge < -0.3 is 9.47 Å². The molecule has 1 saturated carbocycles. The molecule has 4 rings (SSSR count). The standard InChI is InChI=1S/C18H22N4O/c1-13-5-3-6-15(11-13)18(7-4-8-18)17(23)21-9-10-22-14(2)19-20-16(22)12-21/h3,5-6,11H,4,7-10,12H2,1-2H3. The van der Waals surface area contributed by atoms with Crippen molar-refractivity contribution in [2.24, 2.45) is 0 Å². The molecule has 0 N–H and O–H groups in total. The van der Waals surface area contributed by atoms with Crippen molar-refractivity contribution in [2.45, 2.75) is 51.6 Å². The fraction of sp³-hybridized carbons (Fsp3) is 0.500. The quantitative estimate of drug-likeness (QED) is 0.855. The van der Waals surface area contributed by atoms with E-state index in [1.807, 2.05) is 11.8 Å². The minimum Gasteiger partial charge on any atom is -0.333 e. The molecule has 1 fully saturated rings. The molecule has 0 radical (unpaired) electrons. The summed E-state index contributed by atoms with van der Waals surface area (Å²) >= 11 is 0. The average molecular weight is 310 g/mol. The van der Waals surface area contributed by atoms with Crippen molar-refractivity contribution in [1.29, 1.82) is 0 Å². The summed E-state index contributed by atoms with van der Waals surface area (Å²) < 4.78 is 2.11. The van der Waals surface area contributed by atoms with Gasteiger partial charge in [0.25, 0.3) is 0 Å². The molecule has 5 heteroatoms. The summed E-state index contributed by atoms with van der Waals surface area (Å²) in [6.07, 6.45) is 3.04. The van der Waals surface area contributed by atoms with Crippen LogP contribution in [0.4, 0.5) is 0 Å². The van der Waals surface area contributed by atoms with Gasteiger partial charge in [0.15, 0.2) is 5.82 Å². The maximum absolute atomic E-state index is 13.3. The predicted octanol–water partition coefficient (Wildman–Crippen LogP) is 2.36. The Morgan fingerprint density at radius 1 is 1.17 bits per heavy atom.